The summed E-state index contributed by atoms with van der Waals surface area (Å²) in [6.07, 6.45) is 0. The predicted octanol–water partition coefficient (Wildman–Crippen LogP) is 2.07. The predicted molar refractivity (Wildman–Crippen MR) is 54.1 cm³/mol. The summed E-state index contributed by atoms with van der Waals surface area (Å²) in [5.41, 5.74) is 0.250. The first-order chi connectivity index (χ1) is 5.11. The lowest BCUT2D eigenvalue weighted by Gasteiger charge is -1.98. The molecule has 1 rings (SSSR count). The molecule has 2 nitrogen and oxygen atoms in total. The van der Waals surface area contributed by atoms with Gasteiger partial charge in [0.1, 0.15) is 5.75 Å². The van der Waals surface area contributed by atoms with E-state index < -0.39 is 5.12 Å². The second-order valence-corrected chi connectivity index (χ2v) is 3.62. The van der Waals surface area contributed by atoms with Crippen molar-refractivity contribution in [1.82, 2.24) is 0 Å². The second kappa shape index (κ2) is 3.44. The Morgan fingerprint density at radius 3 is 2.64 bits per heavy atom. The molecule has 1 aromatic carbocycles. The summed E-state index contributed by atoms with van der Waals surface area (Å²) < 4.78 is 0.901. The van der Waals surface area contributed by atoms with Crippen LogP contribution in [-0.2, 0) is 0 Å². The van der Waals surface area contributed by atoms with Gasteiger partial charge in [0.25, 0.3) is 0 Å². The number of aromatic hydroxyl groups is 1. The fourth-order valence-corrected chi connectivity index (χ4v) is 1.35. The third-order valence-corrected chi connectivity index (χ3v) is 2.10. The Kier molecular flexibility index (Phi) is 2.78. The third kappa shape index (κ3) is 2.10. The number of rotatable bonds is 1. The van der Waals surface area contributed by atoms with Gasteiger partial charge in [-0.1, -0.05) is 0 Å². The Bertz CT molecular complexity index is 298. The largest absolute Gasteiger partial charge is 0.507 e. The second-order valence-electron chi connectivity index (χ2n) is 1.97. The lowest BCUT2D eigenvalue weighted by molar-refractivity contribution is 0.108. The highest BCUT2D eigenvalue weighted by Crippen LogP contribution is 2.20. The maximum absolute atomic E-state index is 10.7. The highest BCUT2D eigenvalue weighted by atomic mass is 127. The number of phenolic OH excluding ortho intramolecular Hbond substituents is 1. The first-order valence-corrected chi connectivity index (χ1v) is 4.35. The van der Waals surface area contributed by atoms with Crippen molar-refractivity contribution in [2.24, 2.45) is 0 Å². The van der Waals surface area contributed by atoms with Gasteiger partial charge >= 0.3 is 0 Å². The van der Waals surface area contributed by atoms with Crippen LogP contribution in [0.1, 0.15) is 10.4 Å². The molecule has 0 radical (unpaired) electrons. The minimum absolute atomic E-state index is 0.0228. The van der Waals surface area contributed by atoms with E-state index in [0.717, 1.165) is 3.57 Å². The molecular formula is C7H5IO2S. The molecule has 0 unspecified atom stereocenters. The molecule has 0 saturated heterocycles. The molecule has 0 aromatic heterocycles. The van der Waals surface area contributed by atoms with E-state index in [2.05, 4.69) is 35.2 Å². The average Bonchev–Trinajstić information content (AvgIpc) is 1.94. The van der Waals surface area contributed by atoms with Gasteiger partial charge in [-0.15, -0.1) is 12.6 Å². The standard InChI is InChI=1S/C7H5IO2S/c8-4-1-2-6(9)5(3-4)7(10)11/h1-3,9H,(H,10,11). The van der Waals surface area contributed by atoms with E-state index in [0.29, 0.717) is 0 Å². The van der Waals surface area contributed by atoms with Crippen molar-refractivity contribution in [3.63, 3.8) is 0 Å². The Morgan fingerprint density at radius 2 is 2.18 bits per heavy atom. The van der Waals surface area contributed by atoms with E-state index in [4.69, 9.17) is 5.11 Å². The van der Waals surface area contributed by atoms with Gasteiger partial charge in [-0.25, -0.2) is 0 Å². The Hall–Kier alpha value is -0.230. The number of thiol groups is 1. The maximum Gasteiger partial charge on any atom is 0.220 e. The van der Waals surface area contributed by atoms with Crippen molar-refractivity contribution in [1.29, 1.82) is 0 Å². The van der Waals surface area contributed by atoms with E-state index in [-0.39, 0.29) is 11.3 Å². The van der Waals surface area contributed by atoms with Crippen LogP contribution in [0.2, 0.25) is 0 Å². The maximum atomic E-state index is 10.7. The first kappa shape index (κ1) is 8.86. The van der Waals surface area contributed by atoms with Crippen molar-refractivity contribution >= 4 is 40.3 Å². The third-order valence-electron chi connectivity index (χ3n) is 1.19. The van der Waals surface area contributed by atoms with Crippen LogP contribution in [0.25, 0.3) is 0 Å². The van der Waals surface area contributed by atoms with Crippen molar-refractivity contribution in [3.05, 3.63) is 27.3 Å². The van der Waals surface area contributed by atoms with Crippen LogP contribution < -0.4 is 0 Å². The molecule has 0 saturated carbocycles. The highest BCUT2D eigenvalue weighted by molar-refractivity contribution is 14.1. The van der Waals surface area contributed by atoms with E-state index in [1.165, 1.54) is 6.07 Å². The molecule has 0 heterocycles. The molecule has 0 aliphatic carbocycles. The van der Waals surface area contributed by atoms with Gasteiger partial charge in [-0.3, -0.25) is 4.79 Å². The number of carbonyl (C=O) groups excluding carboxylic acids is 1. The SMILES string of the molecule is O=C(S)c1cc(I)ccc1O. The van der Waals surface area contributed by atoms with Gasteiger partial charge in [-0.05, 0) is 40.8 Å². The van der Waals surface area contributed by atoms with Gasteiger partial charge in [0.2, 0.25) is 5.12 Å². The van der Waals surface area contributed by atoms with Crippen LogP contribution in [0.3, 0.4) is 0 Å². The monoisotopic (exact) mass is 280 g/mol. The van der Waals surface area contributed by atoms with Crippen LogP contribution in [-0.4, -0.2) is 10.2 Å². The van der Waals surface area contributed by atoms with E-state index in [9.17, 15) is 4.79 Å². The zero-order valence-corrected chi connectivity index (χ0v) is 8.46. The summed E-state index contributed by atoms with van der Waals surface area (Å²) in [7, 11) is 0. The number of phenols is 1. The molecular weight excluding hydrogens is 275 g/mol. The number of benzene rings is 1. The zero-order chi connectivity index (χ0) is 8.43. The summed E-state index contributed by atoms with van der Waals surface area (Å²) in [4.78, 5) is 10.7. The molecule has 0 spiro atoms. The Morgan fingerprint density at radius 1 is 1.55 bits per heavy atom. The van der Waals surface area contributed by atoms with Crippen LogP contribution in [0.5, 0.6) is 5.75 Å². The van der Waals surface area contributed by atoms with Gasteiger partial charge in [0.15, 0.2) is 0 Å². The molecule has 4 heteroatoms. The first-order valence-electron chi connectivity index (χ1n) is 2.83. The molecule has 1 N–H and O–H groups in total. The van der Waals surface area contributed by atoms with Gasteiger partial charge in [-0.2, -0.15) is 0 Å². The number of hydrogen-bond donors (Lipinski definition) is 2. The molecule has 58 valence electrons. The number of carbonyl (C=O) groups is 1. The lowest BCUT2D eigenvalue weighted by Crippen LogP contribution is -1.89. The Labute approximate surface area is 83.2 Å². The summed E-state index contributed by atoms with van der Waals surface area (Å²) in [6, 6.07) is 4.78. The number of halogens is 1. The molecule has 0 bridgehead atoms. The summed E-state index contributed by atoms with van der Waals surface area (Å²) >= 11 is 5.66. The molecule has 0 fully saturated rings. The van der Waals surface area contributed by atoms with Gasteiger partial charge in [0.05, 0.1) is 5.56 Å². The van der Waals surface area contributed by atoms with Crippen LogP contribution >= 0.6 is 35.2 Å². The summed E-state index contributed by atoms with van der Waals surface area (Å²) in [6.45, 7) is 0. The summed E-state index contributed by atoms with van der Waals surface area (Å²) in [5.74, 6) is -0.0228. The average molecular weight is 280 g/mol. The smallest absolute Gasteiger partial charge is 0.220 e. The lowest BCUT2D eigenvalue weighted by atomic mass is 10.2. The summed E-state index contributed by atoms with van der Waals surface area (Å²) in [5, 5.41) is 8.72. The fourth-order valence-electron chi connectivity index (χ4n) is 0.680. The van der Waals surface area contributed by atoms with Crippen LogP contribution in [0, 0.1) is 3.57 Å². The fraction of sp³-hybridized carbons (Fsp3) is 0. The minimum atomic E-state index is -0.416. The molecule has 0 amide bonds. The molecule has 11 heavy (non-hydrogen) atoms. The van der Waals surface area contributed by atoms with Gasteiger partial charge in [0, 0.05) is 3.57 Å². The molecule has 1 aromatic rings. The molecule has 0 atom stereocenters. The highest BCUT2D eigenvalue weighted by Gasteiger charge is 2.06. The van der Waals surface area contributed by atoms with Crippen LogP contribution in [0.4, 0.5) is 0 Å². The van der Waals surface area contributed by atoms with Crippen molar-refractivity contribution < 1.29 is 9.90 Å². The number of hydrogen-bond acceptors (Lipinski definition) is 2. The van der Waals surface area contributed by atoms with Gasteiger partial charge < -0.3 is 5.11 Å². The van der Waals surface area contributed by atoms with E-state index >= 15 is 0 Å². The Balaban J connectivity index is 3.23. The van der Waals surface area contributed by atoms with Crippen molar-refractivity contribution in [2.45, 2.75) is 0 Å². The van der Waals surface area contributed by atoms with Crippen molar-refractivity contribution in [2.75, 3.05) is 0 Å². The molecule has 0 aliphatic heterocycles. The normalized spacial score (nSPS) is 9.64. The minimum Gasteiger partial charge on any atom is -0.507 e. The molecule has 0 aliphatic rings. The zero-order valence-electron chi connectivity index (χ0n) is 5.41. The van der Waals surface area contributed by atoms with E-state index in [1.807, 2.05) is 0 Å². The topological polar surface area (TPSA) is 37.3 Å². The van der Waals surface area contributed by atoms with Crippen LogP contribution in [0.15, 0.2) is 18.2 Å². The van der Waals surface area contributed by atoms with E-state index in [1.54, 1.807) is 12.1 Å². The quantitative estimate of drug-likeness (QED) is 0.610. The van der Waals surface area contributed by atoms with Crippen molar-refractivity contribution in [3.8, 4) is 5.75 Å².